The Labute approximate surface area is 146 Å². The number of benzene rings is 2. The van der Waals surface area contributed by atoms with Gasteiger partial charge in [0.15, 0.2) is 6.61 Å². The Morgan fingerprint density at radius 1 is 1.13 bits per heavy atom. The molecule has 1 N–H and O–H groups in total. The number of amides is 1. The molecule has 0 aliphatic heterocycles. The third kappa shape index (κ3) is 4.72. The second-order valence-corrected chi connectivity index (χ2v) is 5.61. The first-order valence-corrected chi connectivity index (χ1v) is 7.32. The molecule has 23 heavy (non-hydrogen) atoms. The first kappa shape index (κ1) is 17.3. The van der Waals surface area contributed by atoms with E-state index in [1.54, 1.807) is 6.07 Å². The van der Waals surface area contributed by atoms with Crippen molar-refractivity contribution in [1.29, 1.82) is 0 Å². The highest BCUT2D eigenvalue weighted by atomic mass is 35.5. The van der Waals surface area contributed by atoms with Gasteiger partial charge < -0.3 is 10.1 Å². The number of carbonyl (C=O) groups excluding carboxylic acids is 1. The number of halogens is 3. The first-order valence-electron chi connectivity index (χ1n) is 6.18. The van der Waals surface area contributed by atoms with Crippen LogP contribution in [-0.4, -0.2) is 17.4 Å². The van der Waals surface area contributed by atoms with Gasteiger partial charge >= 0.3 is 0 Å². The number of nitro benzene ring substituents is 1. The molecular formula is C14H9Cl3N2O4. The fourth-order valence-electron chi connectivity index (χ4n) is 1.68. The Morgan fingerprint density at radius 2 is 1.78 bits per heavy atom. The highest BCUT2D eigenvalue weighted by Crippen LogP contribution is 2.29. The van der Waals surface area contributed by atoms with Crippen molar-refractivity contribution in [3.05, 3.63) is 61.6 Å². The van der Waals surface area contributed by atoms with Crippen LogP contribution in [0.5, 0.6) is 5.75 Å². The van der Waals surface area contributed by atoms with Crippen molar-refractivity contribution in [3.8, 4) is 5.75 Å². The predicted molar refractivity (Wildman–Crippen MR) is 88.7 cm³/mol. The molecule has 0 heterocycles. The second-order valence-electron chi connectivity index (χ2n) is 4.33. The fourth-order valence-corrected chi connectivity index (χ4v) is 2.31. The molecule has 0 saturated carbocycles. The zero-order valence-electron chi connectivity index (χ0n) is 11.4. The number of rotatable bonds is 5. The van der Waals surface area contributed by atoms with Crippen LogP contribution in [0.3, 0.4) is 0 Å². The van der Waals surface area contributed by atoms with E-state index in [1.807, 2.05) is 0 Å². The zero-order valence-corrected chi connectivity index (χ0v) is 13.7. The summed E-state index contributed by atoms with van der Waals surface area (Å²) in [6.45, 7) is -0.374. The topological polar surface area (TPSA) is 81.5 Å². The Bertz CT molecular complexity index is 768. The highest BCUT2D eigenvalue weighted by molar-refractivity contribution is 6.35. The smallest absolute Gasteiger partial charge is 0.294 e. The van der Waals surface area contributed by atoms with E-state index < -0.39 is 10.8 Å². The molecule has 9 heteroatoms. The lowest BCUT2D eigenvalue weighted by atomic mass is 10.2. The number of hydrogen-bond donors (Lipinski definition) is 1. The average molecular weight is 376 g/mol. The summed E-state index contributed by atoms with van der Waals surface area (Å²) in [6, 6.07) is 8.47. The minimum atomic E-state index is -0.640. The van der Waals surface area contributed by atoms with E-state index in [2.05, 4.69) is 5.32 Å². The SMILES string of the molecule is O=C(COc1ccc(Cl)cc1Cl)Nc1ccc(Cl)cc1[N+](=O)[O-]. The van der Waals surface area contributed by atoms with Gasteiger partial charge in [-0.1, -0.05) is 34.8 Å². The number of anilines is 1. The summed E-state index contributed by atoms with van der Waals surface area (Å²) in [4.78, 5) is 22.2. The highest BCUT2D eigenvalue weighted by Gasteiger charge is 2.17. The molecule has 2 aromatic rings. The molecule has 0 bridgehead atoms. The van der Waals surface area contributed by atoms with Gasteiger partial charge in [-0.2, -0.15) is 0 Å². The summed E-state index contributed by atoms with van der Waals surface area (Å²) >= 11 is 17.4. The Hall–Kier alpha value is -2.02. The molecule has 0 spiro atoms. The Kier molecular flexibility index (Phi) is 5.65. The van der Waals surface area contributed by atoms with Crippen molar-refractivity contribution in [2.75, 3.05) is 11.9 Å². The third-order valence-corrected chi connectivity index (χ3v) is 3.45. The molecule has 0 saturated heterocycles. The molecule has 2 rings (SSSR count). The van der Waals surface area contributed by atoms with E-state index in [0.717, 1.165) is 6.07 Å². The van der Waals surface area contributed by atoms with E-state index in [-0.39, 0.29) is 33.8 Å². The van der Waals surface area contributed by atoms with Crippen LogP contribution in [0.4, 0.5) is 11.4 Å². The zero-order chi connectivity index (χ0) is 17.0. The molecule has 0 aliphatic rings. The summed E-state index contributed by atoms with van der Waals surface area (Å²) in [5.41, 5.74) is -0.287. The Balaban J connectivity index is 2.04. The molecule has 1 amide bonds. The van der Waals surface area contributed by atoms with Crippen LogP contribution < -0.4 is 10.1 Å². The minimum absolute atomic E-state index is 0.0233. The van der Waals surface area contributed by atoms with Gasteiger partial charge in [-0.3, -0.25) is 14.9 Å². The molecule has 0 aliphatic carbocycles. The van der Waals surface area contributed by atoms with E-state index in [0.29, 0.717) is 5.02 Å². The van der Waals surface area contributed by atoms with E-state index >= 15 is 0 Å². The lowest BCUT2D eigenvalue weighted by molar-refractivity contribution is -0.383. The second kappa shape index (κ2) is 7.50. The van der Waals surface area contributed by atoms with Crippen molar-refractivity contribution in [1.82, 2.24) is 0 Å². The fraction of sp³-hybridized carbons (Fsp3) is 0.0714. The van der Waals surface area contributed by atoms with Crippen molar-refractivity contribution in [2.24, 2.45) is 0 Å². The van der Waals surface area contributed by atoms with Gasteiger partial charge in [0.1, 0.15) is 11.4 Å². The van der Waals surface area contributed by atoms with E-state index in [9.17, 15) is 14.9 Å². The molecule has 120 valence electrons. The quantitative estimate of drug-likeness (QED) is 0.613. The van der Waals surface area contributed by atoms with Crippen molar-refractivity contribution in [3.63, 3.8) is 0 Å². The summed E-state index contributed by atoms with van der Waals surface area (Å²) < 4.78 is 5.25. The lowest BCUT2D eigenvalue weighted by Crippen LogP contribution is -2.20. The van der Waals surface area contributed by atoms with Crippen molar-refractivity contribution >= 4 is 52.1 Å². The number of nitrogens with zero attached hydrogens (tertiary/aromatic N) is 1. The largest absolute Gasteiger partial charge is 0.482 e. The minimum Gasteiger partial charge on any atom is -0.482 e. The maximum Gasteiger partial charge on any atom is 0.294 e. The Morgan fingerprint density at radius 3 is 2.43 bits per heavy atom. The lowest BCUT2D eigenvalue weighted by Gasteiger charge is -2.09. The van der Waals surface area contributed by atoms with Gasteiger partial charge in [-0.15, -0.1) is 0 Å². The van der Waals surface area contributed by atoms with Gasteiger partial charge in [0.2, 0.25) is 0 Å². The van der Waals surface area contributed by atoms with Crippen molar-refractivity contribution in [2.45, 2.75) is 0 Å². The molecular weight excluding hydrogens is 367 g/mol. The van der Waals surface area contributed by atoms with Crippen LogP contribution in [0.25, 0.3) is 0 Å². The van der Waals surface area contributed by atoms with Gasteiger partial charge in [-0.05, 0) is 30.3 Å². The first-order chi connectivity index (χ1) is 10.9. The van der Waals surface area contributed by atoms with E-state index in [4.69, 9.17) is 39.5 Å². The van der Waals surface area contributed by atoms with Crippen LogP contribution in [-0.2, 0) is 4.79 Å². The summed E-state index contributed by atoms with van der Waals surface area (Å²) in [6.07, 6.45) is 0. The normalized spacial score (nSPS) is 10.2. The predicted octanol–water partition coefficient (Wildman–Crippen LogP) is 4.57. The summed E-state index contributed by atoms with van der Waals surface area (Å²) in [5, 5.41) is 14.2. The molecule has 2 aromatic carbocycles. The molecule has 0 fully saturated rings. The van der Waals surface area contributed by atoms with Crippen LogP contribution in [0.1, 0.15) is 0 Å². The summed E-state index contributed by atoms with van der Waals surface area (Å²) in [5.74, 6) is -0.307. The molecule has 0 unspecified atom stereocenters. The van der Waals surface area contributed by atoms with Crippen LogP contribution in [0.2, 0.25) is 15.1 Å². The van der Waals surface area contributed by atoms with Gasteiger partial charge in [0.25, 0.3) is 11.6 Å². The number of carbonyl (C=O) groups is 1. The molecule has 0 radical (unpaired) electrons. The van der Waals surface area contributed by atoms with Gasteiger partial charge in [-0.25, -0.2) is 0 Å². The summed E-state index contributed by atoms with van der Waals surface area (Å²) in [7, 11) is 0. The number of hydrogen-bond acceptors (Lipinski definition) is 4. The molecule has 0 aromatic heterocycles. The van der Waals surface area contributed by atoms with Crippen LogP contribution in [0.15, 0.2) is 36.4 Å². The number of nitrogens with one attached hydrogen (secondary N) is 1. The van der Waals surface area contributed by atoms with Gasteiger partial charge in [0, 0.05) is 16.1 Å². The van der Waals surface area contributed by atoms with Crippen molar-refractivity contribution < 1.29 is 14.5 Å². The maximum absolute atomic E-state index is 11.9. The monoisotopic (exact) mass is 374 g/mol. The standard InChI is InChI=1S/C14H9Cl3N2O4/c15-8-2-4-13(10(17)5-8)23-7-14(20)18-11-3-1-9(16)6-12(11)19(21)22/h1-6H,7H2,(H,18,20). The molecule has 0 atom stereocenters. The van der Waals surface area contributed by atoms with Crippen LogP contribution >= 0.6 is 34.8 Å². The number of nitro groups is 1. The number of ether oxygens (including phenoxy) is 1. The van der Waals surface area contributed by atoms with Gasteiger partial charge in [0.05, 0.1) is 9.95 Å². The maximum atomic E-state index is 11.9. The third-order valence-electron chi connectivity index (χ3n) is 2.68. The molecule has 6 nitrogen and oxygen atoms in total. The van der Waals surface area contributed by atoms with Crippen LogP contribution in [0, 0.1) is 10.1 Å². The average Bonchev–Trinajstić information content (AvgIpc) is 2.48. The van der Waals surface area contributed by atoms with E-state index in [1.165, 1.54) is 24.3 Å².